The second kappa shape index (κ2) is 9.88. The Hall–Kier alpha value is -3.63. The molecule has 0 aliphatic rings. The van der Waals surface area contributed by atoms with E-state index in [1.54, 1.807) is 12.1 Å². The van der Waals surface area contributed by atoms with Gasteiger partial charge in [0.25, 0.3) is 5.91 Å². The Morgan fingerprint density at radius 1 is 1.06 bits per heavy atom. The normalized spacial score (nSPS) is 10.7. The molecule has 0 saturated heterocycles. The molecule has 10 heteroatoms. The number of amides is 1. The first-order chi connectivity index (χ1) is 15.9. The first kappa shape index (κ1) is 22.6. The number of hydrogen-bond acceptors (Lipinski definition) is 7. The van der Waals surface area contributed by atoms with E-state index in [4.69, 9.17) is 4.74 Å². The van der Waals surface area contributed by atoms with Crippen molar-refractivity contribution < 1.29 is 18.8 Å². The topological polar surface area (TPSA) is 94.4 Å². The van der Waals surface area contributed by atoms with Crippen molar-refractivity contribution in [2.24, 2.45) is 0 Å². The lowest BCUT2D eigenvalue weighted by Crippen LogP contribution is -2.09. The predicted octanol–water partition coefficient (Wildman–Crippen LogP) is 6.63. The number of nitrogens with zero attached hydrogens (tertiary/aromatic N) is 2. The van der Waals surface area contributed by atoms with E-state index >= 15 is 0 Å². The summed E-state index contributed by atoms with van der Waals surface area (Å²) in [4.78, 5) is 28.5. The van der Waals surface area contributed by atoms with Gasteiger partial charge in [0.1, 0.15) is 11.6 Å². The van der Waals surface area contributed by atoms with Crippen LogP contribution < -0.4 is 10.1 Å². The number of nitrogens with one attached hydrogen (secondary N) is 1. The van der Waals surface area contributed by atoms with E-state index < -0.39 is 10.8 Å². The number of carbonyl (C=O) groups is 1. The van der Waals surface area contributed by atoms with Crippen LogP contribution >= 0.6 is 22.7 Å². The van der Waals surface area contributed by atoms with Crippen molar-refractivity contribution in [1.82, 2.24) is 4.98 Å². The van der Waals surface area contributed by atoms with Crippen LogP contribution in [-0.2, 0) is 0 Å². The highest BCUT2D eigenvalue weighted by atomic mass is 32.1. The summed E-state index contributed by atoms with van der Waals surface area (Å²) in [5, 5.41) is 13.8. The monoisotopic (exact) mass is 483 g/mol. The third-order valence-electron chi connectivity index (χ3n) is 4.55. The van der Waals surface area contributed by atoms with Gasteiger partial charge in [-0.2, -0.15) is 0 Å². The maximum Gasteiger partial charge on any atom is 0.324 e. The number of benzene rings is 2. The average Bonchev–Trinajstić information content (AvgIpc) is 3.47. The second-order valence-corrected chi connectivity index (χ2v) is 8.99. The lowest BCUT2D eigenvalue weighted by atomic mass is 10.1. The lowest BCUT2D eigenvalue weighted by Gasteiger charge is -2.06. The molecule has 0 fully saturated rings. The van der Waals surface area contributed by atoms with Gasteiger partial charge in [-0.3, -0.25) is 20.2 Å². The third kappa shape index (κ3) is 5.24. The highest BCUT2D eigenvalue weighted by molar-refractivity contribution is 7.20. The Balaban J connectivity index is 1.66. The molecule has 0 unspecified atom stereocenters. The summed E-state index contributed by atoms with van der Waals surface area (Å²) in [7, 11) is 0. The largest absolute Gasteiger partial charge is 0.494 e. The molecule has 7 nitrogen and oxygen atoms in total. The number of ether oxygens (including phenoxy) is 1. The molecule has 1 N–H and O–H groups in total. The zero-order valence-corrected chi connectivity index (χ0v) is 19.0. The zero-order valence-electron chi connectivity index (χ0n) is 17.4. The fraction of sp³-hybridized carbons (Fsp3) is 0.130. The number of carbonyl (C=O) groups excluding carboxylic acids is 1. The van der Waals surface area contributed by atoms with Gasteiger partial charge in [0, 0.05) is 11.6 Å². The highest BCUT2D eigenvalue weighted by Gasteiger charge is 2.20. The van der Waals surface area contributed by atoms with E-state index in [9.17, 15) is 19.3 Å². The Morgan fingerprint density at radius 2 is 1.76 bits per heavy atom. The third-order valence-corrected chi connectivity index (χ3v) is 6.61. The van der Waals surface area contributed by atoms with E-state index in [-0.39, 0.29) is 15.7 Å². The number of aromatic nitrogens is 1. The molecular formula is C23H18FN3O4S2. The quantitative estimate of drug-likeness (QED) is 0.224. The number of nitro groups is 1. The maximum absolute atomic E-state index is 13.5. The van der Waals surface area contributed by atoms with Crippen molar-refractivity contribution in [1.29, 1.82) is 0 Å². The standard InChI is InChI=1S/C23H18FN3O4S2/c1-2-13-31-17-9-5-14(6-10-17)20-21(15-3-7-16(24)8-4-15)33-23(25-20)26-22(28)18-11-12-19(32-18)27(29)30/h3-12H,2,13H2,1H3,(H,25,26,28). The fourth-order valence-corrected chi connectivity index (χ4v) is 4.71. The Bertz CT molecular complexity index is 1280. The fourth-order valence-electron chi connectivity index (χ4n) is 3.00. The molecule has 2 aromatic carbocycles. The van der Waals surface area contributed by atoms with Crippen LogP contribution in [0.4, 0.5) is 14.5 Å². The van der Waals surface area contributed by atoms with Gasteiger partial charge < -0.3 is 4.74 Å². The SMILES string of the molecule is CCCOc1ccc(-c2nc(NC(=O)c3ccc([N+](=O)[O-])s3)sc2-c2ccc(F)cc2)cc1. The lowest BCUT2D eigenvalue weighted by molar-refractivity contribution is -0.380. The summed E-state index contributed by atoms with van der Waals surface area (Å²) < 4.78 is 19.1. The van der Waals surface area contributed by atoms with Crippen molar-refractivity contribution in [3.8, 4) is 27.4 Å². The summed E-state index contributed by atoms with van der Waals surface area (Å²) in [6.45, 7) is 2.65. The van der Waals surface area contributed by atoms with E-state index in [1.165, 1.54) is 35.6 Å². The first-order valence-electron chi connectivity index (χ1n) is 10.00. The van der Waals surface area contributed by atoms with Gasteiger partial charge in [-0.1, -0.05) is 41.7 Å². The minimum Gasteiger partial charge on any atom is -0.494 e. The molecule has 1 amide bonds. The molecule has 0 bridgehead atoms. The van der Waals surface area contributed by atoms with Crippen LogP contribution in [0, 0.1) is 15.9 Å². The van der Waals surface area contributed by atoms with Crippen molar-refractivity contribution in [2.45, 2.75) is 13.3 Å². The van der Waals surface area contributed by atoms with Crippen LogP contribution in [0.15, 0.2) is 60.7 Å². The van der Waals surface area contributed by atoms with E-state index in [0.717, 1.165) is 39.5 Å². The summed E-state index contributed by atoms with van der Waals surface area (Å²) >= 11 is 2.03. The average molecular weight is 484 g/mol. The minimum absolute atomic E-state index is 0.114. The van der Waals surface area contributed by atoms with Gasteiger partial charge in [-0.05, 0) is 54.4 Å². The van der Waals surface area contributed by atoms with Crippen LogP contribution in [0.25, 0.3) is 21.7 Å². The summed E-state index contributed by atoms with van der Waals surface area (Å²) in [6.07, 6.45) is 0.902. The van der Waals surface area contributed by atoms with E-state index in [2.05, 4.69) is 10.3 Å². The number of thiazole rings is 1. The molecule has 0 aliphatic carbocycles. The number of thiophene rings is 1. The molecular weight excluding hydrogens is 465 g/mol. The van der Waals surface area contributed by atoms with Gasteiger partial charge in [-0.25, -0.2) is 9.37 Å². The summed E-state index contributed by atoms with van der Waals surface area (Å²) in [6, 6.07) is 16.2. The molecule has 168 valence electrons. The number of hydrogen-bond donors (Lipinski definition) is 1. The van der Waals surface area contributed by atoms with Gasteiger partial charge in [0.15, 0.2) is 5.13 Å². The van der Waals surface area contributed by atoms with Crippen LogP contribution in [0.3, 0.4) is 0 Å². The van der Waals surface area contributed by atoms with Crippen molar-refractivity contribution in [3.05, 3.63) is 81.5 Å². The van der Waals surface area contributed by atoms with Gasteiger partial charge in [-0.15, -0.1) is 0 Å². The highest BCUT2D eigenvalue weighted by Crippen LogP contribution is 2.40. The summed E-state index contributed by atoms with van der Waals surface area (Å²) in [5.41, 5.74) is 2.19. The zero-order chi connectivity index (χ0) is 23.4. The molecule has 0 radical (unpaired) electrons. The molecule has 2 aromatic heterocycles. The molecule has 0 spiro atoms. The molecule has 33 heavy (non-hydrogen) atoms. The molecule has 4 rings (SSSR count). The first-order valence-corrected chi connectivity index (χ1v) is 11.6. The predicted molar refractivity (Wildman–Crippen MR) is 128 cm³/mol. The van der Waals surface area contributed by atoms with Crippen LogP contribution in [0.1, 0.15) is 23.0 Å². The minimum atomic E-state index is -0.538. The molecule has 0 aliphatic heterocycles. The number of anilines is 1. The summed E-state index contributed by atoms with van der Waals surface area (Å²) in [5.74, 6) is -0.0931. The van der Waals surface area contributed by atoms with Gasteiger partial charge in [0.05, 0.1) is 27.0 Å². The Labute approximate surface area is 196 Å². The van der Waals surface area contributed by atoms with Crippen LogP contribution in [-0.4, -0.2) is 22.4 Å². The van der Waals surface area contributed by atoms with Gasteiger partial charge in [0.2, 0.25) is 0 Å². The number of halogens is 1. The maximum atomic E-state index is 13.5. The molecule has 0 saturated carbocycles. The van der Waals surface area contributed by atoms with Crippen molar-refractivity contribution in [3.63, 3.8) is 0 Å². The Morgan fingerprint density at radius 3 is 2.39 bits per heavy atom. The van der Waals surface area contributed by atoms with Crippen molar-refractivity contribution in [2.75, 3.05) is 11.9 Å². The molecule has 2 heterocycles. The molecule has 0 atom stereocenters. The Kier molecular flexibility index (Phi) is 6.76. The second-order valence-electron chi connectivity index (χ2n) is 6.93. The van der Waals surface area contributed by atoms with E-state index in [1.807, 2.05) is 31.2 Å². The number of rotatable bonds is 8. The van der Waals surface area contributed by atoms with E-state index in [0.29, 0.717) is 17.4 Å². The smallest absolute Gasteiger partial charge is 0.324 e. The van der Waals surface area contributed by atoms with Crippen molar-refractivity contribution >= 4 is 38.7 Å². The van der Waals surface area contributed by atoms with Crippen LogP contribution in [0.2, 0.25) is 0 Å². The van der Waals surface area contributed by atoms with Crippen LogP contribution in [0.5, 0.6) is 5.75 Å². The molecule has 4 aromatic rings. The van der Waals surface area contributed by atoms with Gasteiger partial charge >= 0.3 is 5.00 Å².